The summed E-state index contributed by atoms with van der Waals surface area (Å²) < 4.78 is 32.3. The van der Waals surface area contributed by atoms with Crippen molar-refractivity contribution in [1.82, 2.24) is 10.2 Å². The standard InChI is InChI=1S/C19H29F2N3O/c1-3-22-19(24(2)11-7-15-8-12-25-13-9-15)23-10-6-16-14-17(20)4-5-18(16)21/h4-5,14-15H,3,6-13H2,1-2H3,(H,22,23). The fraction of sp³-hybridized carbons (Fsp3) is 0.632. The smallest absolute Gasteiger partial charge is 0.193 e. The van der Waals surface area contributed by atoms with Gasteiger partial charge in [-0.25, -0.2) is 8.78 Å². The molecule has 1 heterocycles. The molecular formula is C19H29F2N3O. The minimum atomic E-state index is -0.416. The predicted molar refractivity (Wildman–Crippen MR) is 96.8 cm³/mol. The Kier molecular flexibility index (Phi) is 8.12. The Morgan fingerprint density at radius 2 is 2.08 bits per heavy atom. The SMILES string of the molecule is CCNC(=NCCc1cc(F)ccc1F)N(C)CCC1CCOCC1. The lowest BCUT2D eigenvalue weighted by Crippen LogP contribution is -2.40. The van der Waals surface area contributed by atoms with E-state index >= 15 is 0 Å². The van der Waals surface area contributed by atoms with Crippen LogP contribution in [0.1, 0.15) is 31.7 Å². The van der Waals surface area contributed by atoms with E-state index in [1.165, 1.54) is 12.1 Å². The van der Waals surface area contributed by atoms with Crippen molar-refractivity contribution in [2.45, 2.75) is 32.6 Å². The minimum absolute atomic E-state index is 0.365. The maximum absolute atomic E-state index is 13.7. The van der Waals surface area contributed by atoms with Crippen LogP contribution in [-0.2, 0) is 11.2 Å². The van der Waals surface area contributed by atoms with Crippen LogP contribution < -0.4 is 5.32 Å². The first kappa shape index (κ1) is 19.6. The molecule has 1 aromatic rings. The molecule has 0 spiro atoms. The lowest BCUT2D eigenvalue weighted by Gasteiger charge is -2.26. The van der Waals surface area contributed by atoms with Crippen molar-refractivity contribution in [3.05, 3.63) is 35.4 Å². The van der Waals surface area contributed by atoms with Gasteiger partial charge in [0.1, 0.15) is 11.6 Å². The first-order valence-corrected chi connectivity index (χ1v) is 9.11. The topological polar surface area (TPSA) is 36.9 Å². The quantitative estimate of drug-likeness (QED) is 0.604. The molecule has 4 nitrogen and oxygen atoms in total. The van der Waals surface area contributed by atoms with Gasteiger partial charge >= 0.3 is 0 Å². The molecule has 140 valence electrons. The van der Waals surface area contributed by atoms with Gasteiger partial charge in [0.25, 0.3) is 0 Å². The Bertz CT molecular complexity index is 560. The molecule has 0 aliphatic carbocycles. The summed E-state index contributed by atoms with van der Waals surface area (Å²) in [6, 6.07) is 3.54. The van der Waals surface area contributed by atoms with Crippen molar-refractivity contribution in [3.8, 4) is 0 Å². The molecule has 1 aromatic carbocycles. The number of hydrogen-bond acceptors (Lipinski definition) is 2. The molecule has 0 aromatic heterocycles. The first-order valence-electron chi connectivity index (χ1n) is 9.11. The zero-order chi connectivity index (χ0) is 18.1. The molecule has 2 rings (SSSR count). The summed E-state index contributed by atoms with van der Waals surface area (Å²) in [5.74, 6) is 0.724. The van der Waals surface area contributed by atoms with Gasteiger partial charge in [0, 0.05) is 39.9 Å². The molecule has 0 atom stereocenters. The average Bonchev–Trinajstić information content (AvgIpc) is 2.62. The third-order valence-electron chi connectivity index (χ3n) is 4.56. The number of benzene rings is 1. The molecule has 1 aliphatic heterocycles. The van der Waals surface area contributed by atoms with Crippen LogP contribution in [0.3, 0.4) is 0 Å². The van der Waals surface area contributed by atoms with Crippen LogP contribution in [0, 0.1) is 17.6 Å². The van der Waals surface area contributed by atoms with Crippen LogP contribution >= 0.6 is 0 Å². The monoisotopic (exact) mass is 353 g/mol. The Hall–Kier alpha value is -1.69. The van der Waals surface area contributed by atoms with Crippen LogP contribution in [-0.4, -0.2) is 50.8 Å². The highest BCUT2D eigenvalue weighted by Gasteiger charge is 2.15. The molecule has 0 radical (unpaired) electrons. The second-order valence-corrected chi connectivity index (χ2v) is 6.49. The van der Waals surface area contributed by atoms with Gasteiger partial charge in [-0.1, -0.05) is 0 Å². The van der Waals surface area contributed by atoms with Crippen molar-refractivity contribution in [3.63, 3.8) is 0 Å². The van der Waals surface area contributed by atoms with Gasteiger partial charge in [0.05, 0.1) is 0 Å². The number of ether oxygens (including phenoxy) is 1. The Labute approximate surface area is 149 Å². The fourth-order valence-corrected chi connectivity index (χ4v) is 3.00. The molecule has 6 heteroatoms. The van der Waals surface area contributed by atoms with Gasteiger partial charge in [-0.3, -0.25) is 4.99 Å². The number of halogens is 2. The molecule has 1 fully saturated rings. The van der Waals surface area contributed by atoms with E-state index in [4.69, 9.17) is 4.74 Å². The van der Waals surface area contributed by atoms with E-state index in [0.29, 0.717) is 24.4 Å². The zero-order valence-corrected chi connectivity index (χ0v) is 15.2. The van der Waals surface area contributed by atoms with Crippen molar-refractivity contribution in [2.75, 3.05) is 39.9 Å². The van der Waals surface area contributed by atoms with E-state index in [1.807, 2.05) is 14.0 Å². The van der Waals surface area contributed by atoms with E-state index in [1.54, 1.807) is 0 Å². The summed E-state index contributed by atoms with van der Waals surface area (Å²) in [5.41, 5.74) is 0.365. The average molecular weight is 353 g/mol. The zero-order valence-electron chi connectivity index (χ0n) is 15.2. The molecule has 1 saturated heterocycles. The highest BCUT2D eigenvalue weighted by Crippen LogP contribution is 2.18. The minimum Gasteiger partial charge on any atom is -0.381 e. The van der Waals surface area contributed by atoms with Gasteiger partial charge < -0.3 is 15.0 Å². The Morgan fingerprint density at radius 1 is 1.32 bits per heavy atom. The Balaban J connectivity index is 1.86. The highest BCUT2D eigenvalue weighted by atomic mass is 19.1. The third kappa shape index (κ3) is 6.61. The predicted octanol–water partition coefficient (Wildman–Crippen LogP) is 3.22. The van der Waals surface area contributed by atoms with Crippen LogP contribution in [0.2, 0.25) is 0 Å². The van der Waals surface area contributed by atoms with Gasteiger partial charge in [0.15, 0.2) is 5.96 Å². The molecular weight excluding hydrogens is 324 g/mol. The maximum Gasteiger partial charge on any atom is 0.193 e. The largest absolute Gasteiger partial charge is 0.381 e. The number of hydrogen-bond donors (Lipinski definition) is 1. The summed E-state index contributed by atoms with van der Waals surface area (Å²) in [6.45, 7) is 5.86. The van der Waals surface area contributed by atoms with E-state index in [0.717, 1.165) is 57.6 Å². The lowest BCUT2D eigenvalue weighted by molar-refractivity contribution is 0.0625. The number of nitrogens with one attached hydrogen (secondary N) is 1. The van der Waals surface area contributed by atoms with E-state index < -0.39 is 5.82 Å². The third-order valence-corrected chi connectivity index (χ3v) is 4.56. The molecule has 1 aliphatic rings. The van der Waals surface area contributed by atoms with Crippen molar-refractivity contribution < 1.29 is 13.5 Å². The second-order valence-electron chi connectivity index (χ2n) is 6.49. The van der Waals surface area contributed by atoms with Crippen LogP contribution in [0.4, 0.5) is 8.78 Å². The van der Waals surface area contributed by atoms with E-state index in [2.05, 4.69) is 15.2 Å². The summed E-state index contributed by atoms with van der Waals surface area (Å²) in [6.07, 6.45) is 3.75. The molecule has 0 unspecified atom stereocenters. The molecule has 0 saturated carbocycles. The number of guanidine groups is 1. The van der Waals surface area contributed by atoms with E-state index in [9.17, 15) is 8.78 Å². The first-order chi connectivity index (χ1) is 12.1. The van der Waals surface area contributed by atoms with Gasteiger partial charge in [-0.2, -0.15) is 0 Å². The summed E-state index contributed by atoms with van der Waals surface area (Å²) in [4.78, 5) is 6.67. The number of aliphatic imine (C=N–C) groups is 1. The van der Waals surface area contributed by atoms with Crippen LogP contribution in [0.5, 0.6) is 0 Å². The number of rotatable bonds is 7. The maximum atomic E-state index is 13.7. The van der Waals surface area contributed by atoms with Crippen molar-refractivity contribution in [1.29, 1.82) is 0 Å². The Morgan fingerprint density at radius 3 is 2.80 bits per heavy atom. The fourth-order valence-electron chi connectivity index (χ4n) is 3.00. The molecule has 0 bridgehead atoms. The van der Waals surface area contributed by atoms with Crippen molar-refractivity contribution >= 4 is 5.96 Å². The molecule has 0 amide bonds. The van der Waals surface area contributed by atoms with Crippen LogP contribution in [0.25, 0.3) is 0 Å². The van der Waals surface area contributed by atoms with Gasteiger partial charge in [0.2, 0.25) is 0 Å². The molecule has 25 heavy (non-hydrogen) atoms. The second kappa shape index (κ2) is 10.3. The van der Waals surface area contributed by atoms with Gasteiger partial charge in [-0.15, -0.1) is 0 Å². The van der Waals surface area contributed by atoms with Crippen LogP contribution in [0.15, 0.2) is 23.2 Å². The summed E-state index contributed by atoms with van der Waals surface area (Å²) in [5, 5.41) is 3.27. The summed E-state index contributed by atoms with van der Waals surface area (Å²) >= 11 is 0. The number of nitrogens with zero attached hydrogens (tertiary/aromatic N) is 2. The molecule has 1 N–H and O–H groups in total. The highest BCUT2D eigenvalue weighted by molar-refractivity contribution is 5.79. The van der Waals surface area contributed by atoms with Crippen molar-refractivity contribution in [2.24, 2.45) is 10.9 Å². The summed E-state index contributed by atoms with van der Waals surface area (Å²) in [7, 11) is 2.02. The van der Waals surface area contributed by atoms with Gasteiger partial charge in [-0.05, 0) is 62.3 Å². The lowest BCUT2D eigenvalue weighted by atomic mass is 9.96. The normalized spacial score (nSPS) is 16.1. The van der Waals surface area contributed by atoms with E-state index in [-0.39, 0.29) is 5.82 Å².